The van der Waals surface area contributed by atoms with Crippen LogP contribution in [-0.2, 0) is 16.0 Å². The van der Waals surface area contributed by atoms with E-state index in [0.29, 0.717) is 19.5 Å². The Balaban J connectivity index is 1.34. The van der Waals surface area contributed by atoms with Crippen molar-refractivity contribution in [2.24, 2.45) is 11.3 Å². The van der Waals surface area contributed by atoms with E-state index in [2.05, 4.69) is 4.98 Å². The van der Waals surface area contributed by atoms with Crippen LogP contribution >= 0.6 is 11.3 Å². The number of carboxylic acid groups (broad SMARTS) is 1. The van der Waals surface area contributed by atoms with Crippen molar-refractivity contribution in [2.75, 3.05) is 13.1 Å². The molecule has 4 rings (SSSR count). The van der Waals surface area contributed by atoms with Gasteiger partial charge in [-0.1, -0.05) is 30.3 Å². The minimum atomic E-state index is -0.685. The van der Waals surface area contributed by atoms with Crippen molar-refractivity contribution < 1.29 is 14.7 Å². The van der Waals surface area contributed by atoms with Crippen molar-refractivity contribution >= 4 is 23.2 Å². The molecule has 1 aromatic heterocycles. The number of hydrogen-bond donors (Lipinski definition) is 1. The molecule has 5 nitrogen and oxygen atoms in total. The van der Waals surface area contributed by atoms with Crippen molar-refractivity contribution in [1.82, 2.24) is 9.88 Å². The Kier molecular flexibility index (Phi) is 4.07. The molecule has 2 heterocycles. The topological polar surface area (TPSA) is 70.5 Å². The third-order valence-electron chi connectivity index (χ3n) is 5.50. The number of aromatic nitrogens is 1. The van der Waals surface area contributed by atoms with Gasteiger partial charge < -0.3 is 10.0 Å². The van der Waals surface area contributed by atoms with Gasteiger partial charge >= 0.3 is 5.97 Å². The lowest BCUT2D eigenvalue weighted by Gasteiger charge is -2.32. The van der Waals surface area contributed by atoms with Crippen molar-refractivity contribution in [1.29, 1.82) is 0 Å². The summed E-state index contributed by atoms with van der Waals surface area (Å²) in [5.74, 6) is -0.792. The van der Waals surface area contributed by atoms with Crippen LogP contribution in [0.2, 0.25) is 0 Å². The lowest BCUT2D eigenvalue weighted by atomic mass is 9.90. The molecule has 1 aliphatic carbocycles. The van der Waals surface area contributed by atoms with Crippen LogP contribution in [0, 0.1) is 11.3 Å². The smallest absolute Gasteiger partial charge is 0.307 e. The van der Waals surface area contributed by atoms with Crippen LogP contribution in [-0.4, -0.2) is 40.0 Å². The van der Waals surface area contributed by atoms with Crippen LogP contribution in [0.4, 0.5) is 0 Å². The molecule has 1 atom stereocenters. The van der Waals surface area contributed by atoms with E-state index in [0.717, 1.165) is 35.5 Å². The summed E-state index contributed by atoms with van der Waals surface area (Å²) in [4.78, 5) is 30.1. The first-order valence-electron chi connectivity index (χ1n) is 8.58. The summed E-state index contributed by atoms with van der Waals surface area (Å²) in [6, 6.07) is 9.96. The number of piperidine rings is 1. The molecular weight excluding hydrogens is 336 g/mol. The van der Waals surface area contributed by atoms with E-state index in [-0.39, 0.29) is 17.2 Å². The molecule has 1 spiro atoms. The van der Waals surface area contributed by atoms with Gasteiger partial charge in [-0.2, -0.15) is 0 Å². The Bertz CT molecular complexity index is 794. The molecule has 1 aliphatic heterocycles. The summed E-state index contributed by atoms with van der Waals surface area (Å²) in [5, 5.41) is 12.0. The minimum Gasteiger partial charge on any atom is -0.481 e. The Labute approximate surface area is 150 Å². The summed E-state index contributed by atoms with van der Waals surface area (Å²) in [6.07, 6.45) is 2.71. The molecule has 0 bridgehead atoms. The van der Waals surface area contributed by atoms with E-state index < -0.39 is 5.97 Å². The van der Waals surface area contributed by atoms with Crippen LogP contribution in [0.1, 0.15) is 25.0 Å². The summed E-state index contributed by atoms with van der Waals surface area (Å²) in [6.45, 7) is 1.33. The zero-order valence-electron chi connectivity index (χ0n) is 13.9. The van der Waals surface area contributed by atoms with Crippen molar-refractivity contribution in [3.8, 4) is 10.6 Å². The summed E-state index contributed by atoms with van der Waals surface area (Å²) < 4.78 is 0. The molecule has 2 fully saturated rings. The number of nitrogens with zero attached hydrogens (tertiary/aromatic N) is 2. The normalized spacial score (nSPS) is 21.3. The minimum absolute atomic E-state index is 0.0380. The molecule has 2 aliphatic rings. The van der Waals surface area contributed by atoms with Crippen LogP contribution in [0.3, 0.4) is 0 Å². The lowest BCUT2D eigenvalue weighted by molar-refractivity contribution is -0.139. The van der Waals surface area contributed by atoms with E-state index in [9.17, 15) is 9.59 Å². The van der Waals surface area contributed by atoms with Gasteiger partial charge in [0.2, 0.25) is 5.91 Å². The summed E-state index contributed by atoms with van der Waals surface area (Å²) in [5.41, 5.74) is 1.84. The van der Waals surface area contributed by atoms with Gasteiger partial charge in [-0.05, 0) is 24.7 Å². The van der Waals surface area contributed by atoms with E-state index >= 15 is 0 Å². The average molecular weight is 356 g/mol. The zero-order valence-corrected chi connectivity index (χ0v) is 14.7. The largest absolute Gasteiger partial charge is 0.481 e. The van der Waals surface area contributed by atoms with Crippen LogP contribution in [0.25, 0.3) is 10.6 Å². The number of carbonyl (C=O) groups excluding carboxylic acids is 1. The molecule has 1 N–H and O–H groups in total. The Hall–Kier alpha value is -2.21. The highest BCUT2D eigenvalue weighted by Crippen LogP contribution is 2.59. The second-order valence-electron chi connectivity index (χ2n) is 7.02. The maximum absolute atomic E-state index is 12.5. The monoisotopic (exact) mass is 356 g/mol. The first kappa shape index (κ1) is 16.3. The number of carboxylic acids is 1. The summed E-state index contributed by atoms with van der Waals surface area (Å²) in [7, 11) is 0. The quantitative estimate of drug-likeness (QED) is 0.914. The average Bonchev–Trinajstić information content (AvgIpc) is 3.12. The molecule has 1 aromatic carbocycles. The number of aliphatic carboxylic acids is 1. The van der Waals surface area contributed by atoms with Crippen molar-refractivity contribution in [2.45, 2.75) is 25.7 Å². The number of carbonyl (C=O) groups is 2. The maximum Gasteiger partial charge on any atom is 0.307 e. The van der Waals surface area contributed by atoms with Gasteiger partial charge in [-0.25, -0.2) is 4.98 Å². The molecule has 1 amide bonds. The van der Waals surface area contributed by atoms with Crippen molar-refractivity contribution in [3.05, 3.63) is 41.4 Å². The predicted molar refractivity (Wildman–Crippen MR) is 95.2 cm³/mol. The number of thiazole rings is 1. The van der Waals surface area contributed by atoms with Gasteiger partial charge in [-0.3, -0.25) is 9.59 Å². The molecule has 1 saturated heterocycles. The number of benzene rings is 1. The van der Waals surface area contributed by atoms with Gasteiger partial charge in [0, 0.05) is 24.0 Å². The van der Waals surface area contributed by atoms with E-state index in [1.54, 1.807) is 11.3 Å². The second-order valence-corrected chi connectivity index (χ2v) is 7.88. The number of likely N-dealkylation sites (tertiary alicyclic amines) is 1. The van der Waals surface area contributed by atoms with Crippen LogP contribution in [0.15, 0.2) is 35.7 Å². The Morgan fingerprint density at radius 1 is 1.24 bits per heavy atom. The Morgan fingerprint density at radius 2 is 1.96 bits per heavy atom. The van der Waals surface area contributed by atoms with Crippen LogP contribution in [0.5, 0.6) is 0 Å². The third-order valence-corrected chi connectivity index (χ3v) is 6.44. The standard InChI is InChI=1S/C19H20N2O3S/c22-16(21-8-6-19(7-9-21)11-15(19)18(23)24)10-14-12-25-17(20-14)13-4-2-1-3-5-13/h1-5,12,15H,6-11H2,(H,23,24). The fourth-order valence-corrected chi connectivity index (χ4v) is 4.64. The molecule has 130 valence electrons. The Morgan fingerprint density at radius 3 is 2.60 bits per heavy atom. The van der Waals surface area contributed by atoms with E-state index in [1.165, 1.54) is 0 Å². The fourth-order valence-electron chi connectivity index (χ4n) is 3.82. The maximum atomic E-state index is 12.5. The van der Waals surface area contributed by atoms with E-state index in [1.807, 2.05) is 40.6 Å². The van der Waals surface area contributed by atoms with E-state index in [4.69, 9.17) is 5.11 Å². The number of rotatable bonds is 4. The number of hydrogen-bond acceptors (Lipinski definition) is 4. The lowest BCUT2D eigenvalue weighted by Crippen LogP contribution is -2.40. The fraction of sp³-hybridized carbons (Fsp3) is 0.421. The van der Waals surface area contributed by atoms with Gasteiger partial charge in [-0.15, -0.1) is 11.3 Å². The predicted octanol–water partition coefficient (Wildman–Crippen LogP) is 3.07. The van der Waals surface area contributed by atoms with Crippen molar-refractivity contribution in [3.63, 3.8) is 0 Å². The summed E-state index contributed by atoms with van der Waals surface area (Å²) >= 11 is 1.56. The molecule has 0 radical (unpaired) electrons. The first-order chi connectivity index (χ1) is 12.1. The molecule has 1 saturated carbocycles. The highest BCUT2D eigenvalue weighted by molar-refractivity contribution is 7.13. The highest BCUT2D eigenvalue weighted by Gasteiger charge is 2.59. The molecule has 6 heteroatoms. The molecule has 1 unspecified atom stereocenters. The van der Waals surface area contributed by atoms with Gasteiger partial charge in [0.1, 0.15) is 5.01 Å². The first-order valence-corrected chi connectivity index (χ1v) is 9.46. The molecule has 2 aromatic rings. The van der Waals surface area contributed by atoms with Crippen LogP contribution < -0.4 is 0 Å². The van der Waals surface area contributed by atoms with Gasteiger partial charge in [0.15, 0.2) is 0 Å². The second kappa shape index (κ2) is 6.26. The highest BCUT2D eigenvalue weighted by atomic mass is 32.1. The molecular formula is C19H20N2O3S. The third kappa shape index (κ3) is 3.18. The van der Waals surface area contributed by atoms with Gasteiger partial charge in [0.25, 0.3) is 0 Å². The number of amides is 1. The molecule has 25 heavy (non-hydrogen) atoms. The van der Waals surface area contributed by atoms with Gasteiger partial charge in [0.05, 0.1) is 18.0 Å². The SMILES string of the molecule is O=C(O)C1CC12CCN(C(=O)Cc1csc(-c3ccccc3)n1)CC2. The zero-order chi connectivity index (χ0) is 17.4.